The lowest BCUT2D eigenvalue weighted by atomic mass is 10.6. The van der Waals surface area contributed by atoms with Gasteiger partial charge < -0.3 is 10.7 Å². The third kappa shape index (κ3) is 6.79. The lowest BCUT2D eigenvalue weighted by Crippen LogP contribution is -2.29. The molecule has 0 unspecified atom stereocenters. The molecule has 64 valence electrons. The molecule has 0 saturated heterocycles. The lowest BCUT2D eigenvalue weighted by Gasteiger charge is -1.99. The van der Waals surface area contributed by atoms with Crippen molar-refractivity contribution in [1.29, 1.82) is 0 Å². The molecule has 0 aliphatic carbocycles. The van der Waals surface area contributed by atoms with Crippen LogP contribution < -0.4 is 16.6 Å². The Morgan fingerprint density at radius 2 is 2.18 bits per heavy atom. The maximum absolute atomic E-state index is 10.4. The number of carbonyl (C=O) groups is 1. The van der Waals surface area contributed by atoms with Crippen LogP contribution in [0.25, 0.3) is 0 Å². The van der Waals surface area contributed by atoms with E-state index in [0.717, 1.165) is 0 Å². The predicted molar refractivity (Wildman–Crippen MR) is 44.0 cm³/mol. The van der Waals surface area contributed by atoms with E-state index in [1.807, 2.05) is 0 Å². The Morgan fingerprint density at radius 3 is 2.64 bits per heavy atom. The van der Waals surface area contributed by atoms with E-state index < -0.39 is 0 Å². The van der Waals surface area contributed by atoms with Crippen LogP contribution in [-0.4, -0.2) is 24.8 Å². The summed E-state index contributed by atoms with van der Waals surface area (Å²) in [5.41, 5.74) is 2.39. The first-order chi connectivity index (χ1) is 5.16. The van der Waals surface area contributed by atoms with Gasteiger partial charge >= 0.3 is 0 Å². The first-order valence-corrected chi connectivity index (χ1v) is 3.39. The normalized spacial score (nSPS) is 11.0. The zero-order valence-corrected chi connectivity index (χ0v) is 6.85. The Hall–Kier alpha value is -1.10. The molecule has 0 aliphatic rings. The van der Waals surface area contributed by atoms with Crippen molar-refractivity contribution in [3.05, 3.63) is 0 Å². The van der Waals surface area contributed by atoms with Crippen LogP contribution in [-0.2, 0) is 4.79 Å². The molecule has 0 bridgehead atoms. The first kappa shape index (κ1) is 9.90. The molecule has 0 aromatic rings. The van der Waals surface area contributed by atoms with Gasteiger partial charge in [0.05, 0.1) is 6.54 Å². The Morgan fingerprint density at radius 1 is 1.55 bits per heavy atom. The Bertz CT molecular complexity index is 155. The summed E-state index contributed by atoms with van der Waals surface area (Å²) in [5, 5.41) is 2.61. The van der Waals surface area contributed by atoms with E-state index in [1.165, 1.54) is 6.92 Å². The second-order valence-corrected chi connectivity index (χ2v) is 2.09. The quantitative estimate of drug-likeness (QED) is 0.162. The summed E-state index contributed by atoms with van der Waals surface area (Å²) in [6.07, 6.45) is 0. The Labute approximate surface area is 66.0 Å². The molecule has 0 aliphatic heterocycles. The van der Waals surface area contributed by atoms with Crippen LogP contribution in [0.1, 0.15) is 13.8 Å². The number of amidine groups is 1. The fourth-order valence-electron chi connectivity index (χ4n) is 0.501. The predicted octanol–water partition coefficient (Wildman–Crippen LogP) is -0.996. The minimum absolute atomic E-state index is 0.0430. The fourth-order valence-corrected chi connectivity index (χ4v) is 0.501. The van der Waals surface area contributed by atoms with Crippen molar-refractivity contribution in [2.45, 2.75) is 13.8 Å². The number of nitrogens with one attached hydrogen (secondary N) is 2. The van der Waals surface area contributed by atoms with E-state index in [0.29, 0.717) is 18.9 Å². The average molecular weight is 158 g/mol. The first-order valence-electron chi connectivity index (χ1n) is 3.39. The van der Waals surface area contributed by atoms with Gasteiger partial charge in [0.15, 0.2) is 0 Å². The summed E-state index contributed by atoms with van der Waals surface area (Å²) in [6.45, 7) is 4.33. The van der Waals surface area contributed by atoms with E-state index in [2.05, 4.69) is 15.7 Å². The number of rotatable bonds is 3. The number of carbonyl (C=O) groups excluding carboxylic acids is 1. The van der Waals surface area contributed by atoms with E-state index in [-0.39, 0.29) is 5.91 Å². The van der Waals surface area contributed by atoms with Crippen LogP contribution >= 0.6 is 0 Å². The van der Waals surface area contributed by atoms with Gasteiger partial charge in [0.2, 0.25) is 5.91 Å². The molecule has 0 heterocycles. The van der Waals surface area contributed by atoms with Crippen LogP contribution in [0.5, 0.6) is 0 Å². The van der Waals surface area contributed by atoms with Gasteiger partial charge in [-0.15, -0.1) is 0 Å². The minimum atomic E-state index is -0.0430. The number of hydrazine groups is 1. The number of nitrogens with zero attached hydrogens (tertiary/aromatic N) is 1. The van der Waals surface area contributed by atoms with Crippen LogP contribution in [0.4, 0.5) is 0 Å². The molecule has 5 nitrogen and oxygen atoms in total. The smallest absolute Gasteiger partial charge is 0.216 e. The van der Waals surface area contributed by atoms with Gasteiger partial charge in [-0.05, 0) is 6.92 Å². The van der Waals surface area contributed by atoms with Crippen LogP contribution in [0, 0.1) is 0 Å². The van der Waals surface area contributed by atoms with Gasteiger partial charge in [-0.3, -0.25) is 9.79 Å². The molecule has 0 radical (unpaired) electrons. The minimum Gasteiger partial charge on any atom is -0.354 e. The van der Waals surface area contributed by atoms with Gasteiger partial charge in [-0.25, -0.2) is 5.84 Å². The number of aliphatic imine (C=N–C) groups is 1. The van der Waals surface area contributed by atoms with Crippen molar-refractivity contribution < 1.29 is 4.79 Å². The zero-order valence-electron chi connectivity index (χ0n) is 6.85. The molecular weight excluding hydrogens is 144 g/mol. The van der Waals surface area contributed by atoms with Crippen molar-refractivity contribution in [1.82, 2.24) is 10.7 Å². The molecule has 11 heavy (non-hydrogen) atoms. The molecule has 0 saturated carbocycles. The molecule has 0 atom stereocenters. The maximum atomic E-state index is 10.4. The molecule has 0 fully saturated rings. The molecule has 0 aromatic heterocycles. The number of nitrogens with two attached hydrogens (primary N) is 1. The van der Waals surface area contributed by atoms with Crippen LogP contribution in [0.2, 0.25) is 0 Å². The van der Waals surface area contributed by atoms with Gasteiger partial charge in [-0.2, -0.15) is 0 Å². The molecule has 0 spiro atoms. The zero-order chi connectivity index (χ0) is 8.69. The van der Waals surface area contributed by atoms with Crippen molar-refractivity contribution in [3.8, 4) is 0 Å². The lowest BCUT2D eigenvalue weighted by molar-refractivity contribution is -0.118. The van der Waals surface area contributed by atoms with Gasteiger partial charge in [-0.1, -0.05) is 0 Å². The highest BCUT2D eigenvalue weighted by molar-refractivity contribution is 5.78. The van der Waals surface area contributed by atoms with E-state index >= 15 is 0 Å². The van der Waals surface area contributed by atoms with E-state index in [9.17, 15) is 4.79 Å². The van der Waals surface area contributed by atoms with Gasteiger partial charge in [0.1, 0.15) is 5.84 Å². The largest absolute Gasteiger partial charge is 0.354 e. The summed E-state index contributed by atoms with van der Waals surface area (Å²) in [6, 6.07) is 0. The van der Waals surface area contributed by atoms with Crippen molar-refractivity contribution in [2.24, 2.45) is 10.8 Å². The highest BCUT2D eigenvalue weighted by atomic mass is 16.1. The van der Waals surface area contributed by atoms with Gasteiger partial charge in [0, 0.05) is 13.5 Å². The summed E-state index contributed by atoms with van der Waals surface area (Å²) in [5.74, 6) is 5.67. The van der Waals surface area contributed by atoms with Gasteiger partial charge in [0.25, 0.3) is 0 Å². The second-order valence-electron chi connectivity index (χ2n) is 2.09. The molecule has 4 N–H and O–H groups in total. The topological polar surface area (TPSA) is 79.5 Å². The summed E-state index contributed by atoms with van der Waals surface area (Å²) >= 11 is 0. The highest BCUT2D eigenvalue weighted by Gasteiger charge is 1.88. The summed E-state index contributed by atoms with van der Waals surface area (Å²) in [7, 11) is 0. The van der Waals surface area contributed by atoms with Crippen molar-refractivity contribution in [3.63, 3.8) is 0 Å². The number of amides is 1. The van der Waals surface area contributed by atoms with Crippen LogP contribution in [0.3, 0.4) is 0 Å². The van der Waals surface area contributed by atoms with Crippen LogP contribution in [0.15, 0.2) is 4.99 Å². The number of hydrogen-bond donors (Lipinski definition) is 3. The SMILES string of the molecule is CC(=O)NCCN=C(C)NN. The van der Waals surface area contributed by atoms with E-state index in [1.54, 1.807) is 6.92 Å². The molecular formula is C6H14N4O. The second kappa shape index (κ2) is 5.67. The molecule has 0 aromatic carbocycles. The van der Waals surface area contributed by atoms with E-state index in [4.69, 9.17) is 5.84 Å². The standard InChI is InChI=1S/C6H14N4O/c1-5(10-7)8-3-4-9-6(2)11/h3-4,7H2,1-2H3,(H,8,10)(H,9,11). The summed E-state index contributed by atoms with van der Waals surface area (Å²) < 4.78 is 0. The third-order valence-corrected chi connectivity index (χ3v) is 1.04. The molecule has 1 amide bonds. The third-order valence-electron chi connectivity index (χ3n) is 1.04. The monoisotopic (exact) mass is 158 g/mol. The highest BCUT2D eigenvalue weighted by Crippen LogP contribution is 1.70. The number of hydrogen-bond acceptors (Lipinski definition) is 3. The Balaban J connectivity index is 3.33. The molecule has 5 heteroatoms. The fraction of sp³-hybridized carbons (Fsp3) is 0.667. The average Bonchev–Trinajstić information content (AvgIpc) is 1.97. The summed E-state index contributed by atoms with van der Waals surface area (Å²) in [4.78, 5) is 14.3. The van der Waals surface area contributed by atoms with Crippen molar-refractivity contribution >= 4 is 11.7 Å². The molecule has 0 rings (SSSR count). The maximum Gasteiger partial charge on any atom is 0.216 e. The van der Waals surface area contributed by atoms with Crippen molar-refractivity contribution in [2.75, 3.05) is 13.1 Å². The Kier molecular flexibility index (Phi) is 5.10.